The minimum Gasteiger partial charge on any atom is -0.392 e. The van der Waals surface area contributed by atoms with Gasteiger partial charge in [0.2, 0.25) is 5.89 Å². The molecule has 0 bridgehead atoms. The van der Waals surface area contributed by atoms with Crippen molar-refractivity contribution in [3.8, 4) is 0 Å². The lowest BCUT2D eigenvalue weighted by molar-refractivity contribution is 0.140. The van der Waals surface area contributed by atoms with Gasteiger partial charge in [-0.15, -0.1) is 0 Å². The molecule has 2 aliphatic rings. The molecule has 4 heteroatoms. The molecule has 1 aromatic rings. The van der Waals surface area contributed by atoms with E-state index in [0.29, 0.717) is 24.1 Å². The predicted molar refractivity (Wildman–Crippen MR) is 71.8 cm³/mol. The fraction of sp³-hybridized carbons (Fsp3) is 0.867. The Labute approximate surface area is 114 Å². The van der Waals surface area contributed by atoms with Crippen LogP contribution in [0.4, 0.5) is 0 Å². The van der Waals surface area contributed by atoms with E-state index in [2.05, 4.69) is 10.1 Å². The summed E-state index contributed by atoms with van der Waals surface area (Å²) in [7, 11) is 0. The van der Waals surface area contributed by atoms with Gasteiger partial charge in [-0.05, 0) is 31.6 Å². The van der Waals surface area contributed by atoms with E-state index in [4.69, 9.17) is 4.52 Å². The first kappa shape index (κ1) is 13.1. The van der Waals surface area contributed by atoms with E-state index in [9.17, 15) is 5.11 Å². The maximum Gasteiger partial charge on any atom is 0.229 e. The topological polar surface area (TPSA) is 59.2 Å². The zero-order valence-electron chi connectivity index (χ0n) is 11.6. The molecule has 1 atom stereocenters. The Hall–Kier alpha value is -0.900. The van der Waals surface area contributed by atoms with Gasteiger partial charge >= 0.3 is 0 Å². The van der Waals surface area contributed by atoms with Crippen LogP contribution in [0.3, 0.4) is 0 Å². The van der Waals surface area contributed by atoms with Gasteiger partial charge in [0.1, 0.15) is 0 Å². The number of aliphatic hydroxyl groups excluding tert-OH is 1. The second-order valence-electron chi connectivity index (χ2n) is 6.20. The Morgan fingerprint density at radius 3 is 2.42 bits per heavy atom. The molecular formula is C15H24N2O2. The van der Waals surface area contributed by atoms with Crippen LogP contribution in [0.2, 0.25) is 0 Å². The van der Waals surface area contributed by atoms with E-state index in [1.54, 1.807) is 0 Å². The first-order valence-electron chi connectivity index (χ1n) is 7.83. The van der Waals surface area contributed by atoms with Gasteiger partial charge in [0.25, 0.3) is 0 Å². The summed E-state index contributed by atoms with van der Waals surface area (Å²) in [5.41, 5.74) is 0. The Morgan fingerprint density at radius 1 is 1.05 bits per heavy atom. The molecule has 0 aliphatic heterocycles. The van der Waals surface area contributed by atoms with E-state index < -0.39 is 0 Å². The van der Waals surface area contributed by atoms with Crippen molar-refractivity contribution in [1.29, 1.82) is 0 Å². The zero-order valence-corrected chi connectivity index (χ0v) is 11.6. The van der Waals surface area contributed by atoms with Crippen LogP contribution in [0.15, 0.2) is 4.52 Å². The predicted octanol–water partition coefficient (Wildman–Crippen LogP) is 3.21. The van der Waals surface area contributed by atoms with Crippen LogP contribution in [0.5, 0.6) is 0 Å². The second-order valence-corrected chi connectivity index (χ2v) is 6.20. The molecule has 106 valence electrons. The summed E-state index contributed by atoms with van der Waals surface area (Å²) in [5, 5.41) is 14.1. The maximum absolute atomic E-state index is 9.92. The number of aromatic nitrogens is 2. The van der Waals surface area contributed by atoms with E-state index in [1.165, 1.54) is 44.9 Å². The molecule has 0 radical (unpaired) electrons. The lowest BCUT2D eigenvalue weighted by atomic mass is 9.91. The molecule has 4 nitrogen and oxygen atoms in total. The number of rotatable bonds is 4. The van der Waals surface area contributed by atoms with Gasteiger partial charge in [-0.3, -0.25) is 0 Å². The first-order chi connectivity index (χ1) is 9.33. The van der Waals surface area contributed by atoms with E-state index in [-0.39, 0.29) is 6.10 Å². The third-order valence-corrected chi connectivity index (χ3v) is 4.50. The first-order valence-corrected chi connectivity index (χ1v) is 7.83. The fourth-order valence-electron chi connectivity index (χ4n) is 3.06. The number of nitrogens with zero attached hydrogens (tertiary/aromatic N) is 2. The largest absolute Gasteiger partial charge is 0.392 e. The average Bonchev–Trinajstić information content (AvgIpc) is 3.11. The summed E-state index contributed by atoms with van der Waals surface area (Å²) < 4.78 is 5.32. The van der Waals surface area contributed by atoms with Crippen LogP contribution < -0.4 is 0 Å². The summed E-state index contributed by atoms with van der Waals surface area (Å²) in [5.74, 6) is 2.43. The van der Waals surface area contributed by atoms with Crippen molar-refractivity contribution >= 4 is 0 Å². The number of aliphatic hydroxyl groups is 1. The van der Waals surface area contributed by atoms with Crippen molar-refractivity contribution in [2.45, 2.75) is 76.2 Å². The standard InChI is InChI=1S/C15H24N2O2/c18-13(11-8-9-11)10-14-16-15(17-19-14)12-6-4-2-1-3-5-7-12/h11-13,18H,1-10H2. The molecule has 2 saturated carbocycles. The summed E-state index contributed by atoms with van der Waals surface area (Å²) in [6.45, 7) is 0. The molecule has 2 aliphatic carbocycles. The van der Waals surface area contributed by atoms with Gasteiger partial charge in [0.05, 0.1) is 12.5 Å². The van der Waals surface area contributed by atoms with Gasteiger partial charge in [0.15, 0.2) is 5.82 Å². The Balaban J connectivity index is 1.58. The van der Waals surface area contributed by atoms with Gasteiger partial charge < -0.3 is 9.63 Å². The highest BCUT2D eigenvalue weighted by molar-refractivity contribution is 4.98. The van der Waals surface area contributed by atoms with Gasteiger partial charge in [-0.1, -0.05) is 37.3 Å². The lowest BCUT2D eigenvalue weighted by Crippen LogP contribution is -2.13. The average molecular weight is 264 g/mol. The van der Waals surface area contributed by atoms with Crippen LogP contribution in [0, 0.1) is 5.92 Å². The highest BCUT2D eigenvalue weighted by Gasteiger charge is 2.31. The third-order valence-electron chi connectivity index (χ3n) is 4.50. The molecule has 2 fully saturated rings. The third kappa shape index (κ3) is 3.56. The molecule has 0 spiro atoms. The molecule has 1 unspecified atom stereocenters. The van der Waals surface area contributed by atoms with Crippen molar-refractivity contribution < 1.29 is 9.63 Å². The normalized spacial score (nSPS) is 23.8. The van der Waals surface area contributed by atoms with Crippen molar-refractivity contribution in [1.82, 2.24) is 10.1 Å². The smallest absolute Gasteiger partial charge is 0.229 e. The van der Waals surface area contributed by atoms with Crippen molar-refractivity contribution in [2.75, 3.05) is 0 Å². The molecule has 19 heavy (non-hydrogen) atoms. The molecule has 0 amide bonds. The molecular weight excluding hydrogens is 240 g/mol. The minimum absolute atomic E-state index is 0.286. The maximum atomic E-state index is 9.92. The van der Waals surface area contributed by atoms with Gasteiger partial charge in [-0.2, -0.15) is 4.98 Å². The van der Waals surface area contributed by atoms with Crippen LogP contribution in [0.25, 0.3) is 0 Å². The highest BCUT2D eigenvalue weighted by Crippen LogP contribution is 2.34. The highest BCUT2D eigenvalue weighted by atomic mass is 16.5. The lowest BCUT2D eigenvalue weighted by Gasteiger charge is -2.15. The summed E-state index contributed by atoms with van der Waals surface area (Å²) in [4.78, 5) is 4.52. The summed E-state index contributed by atoms with van der Waals surface area (Å²) >= 11 is 0. The Morgan fingerprint density at radius 2 is 1.74 bits per heavy atom. The van der Waals surface area contributed by atoms with E-state index in [0.717, 1.165) is 18.7 Å². The SMILES string of the molecule is OC(Cc1nc(C2CCCCCCC2)no1)C1CC1. The Bertz CT molecular complexity index is 393. The van der Waals surface area contributed by atoms with Crippen molar-refractivity contribution in [3.05, 3.63) is 11.7 Å². The van der Waals surface area contributed by atoms with Crippen LogP contribution in [0.1, 0.15) is 75.4 Å². The Kier molecular flexibility index (Phi) is 4.16. The molecule has 0 saturated heterocycles. The number of hydrogen-bond acceptors (Lipinski definition) is 4. The van der Waals surface area contributed by atoms with Gasteiger partial charge in [-0.25, -0.2) is 0 Å². The van der Waals surface area contributed by atoms with E-state index in [1.807, 2.05) is 0 Å². The zero-order chi connectivity index (χ0) is 13.1. The molecule has 3 rings (SSSR count). The fourth-order valence-corrected chi connectivity index (χ4v) is 3.06. The van der Waals surface area contributed by atoms with Crippen LogP contribution >= 0.6 is 0 Å². The van der Waals surface area contributed by atoms with Crippen LogP contribution in [-0.4, -0.2) is 21.4 Å². The quantitative estimate of drug-likeness (QED) is 0.907. The minimum atomic E-state index is -0.286. The van der Waals surface area contributed by atoms with Gasteiger partial charge in [0, 0.05) is 5.92 Å². The molecule has 0 aromatic carbocycles. The second kappa shape index (κ2) is 6.04. The number of hydrogen-bond donors (Lipinski definition) is 1. The van der Waals surface area contributed by atoms with Crippen LogP contribution in [-0.2, 0) is 6.42 Å². The van der Waals surface area contributed by atoms with E-state index >= 15 is 0 Å². The van der Waals surface area contributed by atoms with Crippen molar-refractivity contribution in [2.24, 2.45) is 5.92 Å². The molecule has 1 heterocycles. The summed E-state index contributed by atoms with van der Waals surface area (Å²) in [6.07, 6.45) is 11.5. The molecule has 1 N–H and O–H groups in total. The summed E-state index contributed by atoms with van der Waals surface area (Å²) in [6, 6.07) is 0. The monoisotopic (exact) mass is 264 g/mol. The van der Waals surface area contributed by atoms with Crippen molar-refractivity contribution in [3.63, 3.8) is 0 Å². The molecule has 1 aromatic heterocycles.